The van der Waals surface area contributed by atoms with Gasteiger partial charge in [-0.2, -0.15) is 11.8 Å². The Labute approximate surface area is 153 Å². The first-order chi connectivity index (χ1) is 12.2. The first-order valence-electron chi connectivity index (χ1n) is 8.68. The minimum absolute atomic E-state index is 0.529. The zero-order valence-electron chi connectivity index (χ0n) is 15.2. The smallest absolute Gasteiger partial charge is 0.198 e. The second-order valence-electron chi connectivity index (χ2n) is 6.17. The monoisotopic (exact) mass is 358 g/mol. The van der Waals surface area contributed by atoms with Gasteiger partial charge in [0.05, 0.1) is 0 Å². The van der Waals surface area contributed by atoms with Crippen LogP contribution in [0.25, 0.3) is 0 Å². The summed E-state index contributed by atoms with van der Waals surface area (Å²) in [6.07, 6.45) is 4.33. The van der Waals surface area contributed by atoms with E-state index in [0.29, 0.717) is 6.54 Å². The number of benzene rings is 1. The molecule has 0 radical (unpaired) electrons. The molecule has 1 aliphatic rings. The van der Waals surface area contributed by atoms with Crippen molar-refractivity contribution in [2.24, 2.45) is 12.0 Å². The van der Waals surface area contributed by atoms with Gasteiger partial charge in [0.1, 0.15) is 12.4 Å². The second-order valence-corrected chi connectivity index (χ2v) is 7.15. The van der Waals surface area contributed by atoms with Crippen molar-refractivity contribution in [1.82, 2.24) is 20.1 Å². The lowest BCUT2D eigenvalue weighted by Gasteiger charge is -2.22. The van der Waals surface area contributed by atoms with Crippen LogP contribution in [0.3, 0.4) is 0 Å². The predicted molar refractivity (Wildman–Crippen MR) is 105 cm³/mol. The van der Waals surface area contributed by atoms with Gasteiger partial charge in [-0.05, 0) is 43.4 Å². The molecule has 6 nitrogen and oxygen atoms in total. The summed E-state index contributed by atoms with van der Waals surface area (Å²) in [5, 5.41) is 11.9. The van der Waals surface area contributed by atoms with Crippen molar-refractivity contribution < 1.29 is 0 Å². The van der Waals surface area contributed by atoms with E-state index in [1.54, 1.807) is 0 Å². The van der Waals surface area contributed by atoms with Gasteiger partial charge in [0.15, 0.2) is 11.8 Å². The van der Waals surface area contributed by atoms with Crippen LogP contribution < -0.4 is 10.2 Å². The Morgan fingerprint density at radius 2 is 2.16 bits per heavy atom. The van der Waals surface area contributed by atoms with Crippen molar-refractivity contribution in [1.29, 1.82) is 0 Å². The predicted octanol–water partition coefficient (Wildman–Crippen LogP) is 2.38. The highest BCUT2D eigenvalue weighted by Gasteiger charge is 2.22. The van der Waals surface area contributed by atoms with E-state index < -0.39 is 0 Å². The number of guanidine groups is 1. The van der Waals surface area contributed by atoms with Gasteiger partial charge in [-0.25, -0.2) is 4.99 Å². The molecule has 0 spiro atoms. The van der Waals surface area contributed by atoms with Crippen molar-refractivity contribution in [3.63, 3.8) is 0 Å². The van der Waals surface area contributed by atoms with Gasteiger partial charge in [0.2, 0.25) is 0 Å². The minimum Gasteiger partial charge on any atom is -0.356 e. The van der Waals surface area contributed by atoms with Crippen LogP contribution in [0.5, 0.6) is 0 Å². The lowest BCUT2D eigenvalue weighted by molar-refractivity contribution is 0.760. The van der Waals surface area contributed by atoms with Crippen LogP contribution in [0.1, 0.15) is 23.6 Å². The zero-order valence-corrected chi connectivity index (χ0v) is 16.0. The van der Waals surface area contributed by atoms with Crippen LogP contribution in [0.2, 0.25) is 0 Å². The Morgan fingerprint density at radius 3 is 2.92 bits per heavy atom. The molecule has 0 fully saturated rings. The lowest BCUT2D eigenvalue weighted by atomic mass is 10.2. The molecular formula is C18H26N6S. The number of hydrogen-bond donors (Lipinski definition) is 1. The normalized spacial score (nSPS) is 14.0. The fraction of sp³-hybridized carbons (Fsp3) is 0.500. The standard InChI is InChI=1S/C18H26N6S/c1-14-21-22-17(23(14)2)13-20-18(19-10-6-12-25-3)24-11-9-15-7-4-5-8-16(15)24/h4-5,7-8H,6,9-13H2,1-3H3,(H,19,20). The number of para-hydroxylation sites is 1. The van der Waals surface area contributed by atoms with Crippen molar-refractivity contribution in [3.05, 3.63) is 41.5 Å². The molecule has 0 saturated carbocycles. The highest BCUT2D eigenvalue weighted by molar-refractivity contribution is 7.98. The highest BCUT2D eigenvalue weighted by Crippen LogP contribution is 2.27. The largest absolute Gasteiger partial charge is 0.356 e. The van der Waals surface area contributed by atoms with Gasteiger partial charge in [-0.3, -0.25) is 0 Å². The third kappa shape index (κ3) is 4.15. The van der Waals surface area contributed by atoms with Crippen LogP contribution in [0.15, 0.2) is 29.3 Å². The first-order valence-corrected chi connectivity index (χ1v) is 10.1. The summed E-state index contributed by atoms with van der Waals surface area (Å²) in [4.78, 5) is 7.14. The first kappa shape index (κ1) is 17.8. The molecule has 1 aromatic carbocycles. The summed E-state index contributed by atoms with van der Waals surface area (Å²) in [5.41, 5.74) is 2.64. The molecule has 1 aromatic heterocycles. The maximum atomic E-state index is 4.85. The van der Waals surface area contributed by atoms with E-state index in [0.717, 1.165) is 49.3 Å². The van der Waals surface area contributed by atoms with Gasteiger partial charge in [0.25, 0.3) is 0 Å². The van der Waals surface area contributed by atoms with E-state index in [4.69, 9.17) is 4.99 Å². The summed E-state index contributed by atoms with van der Waals surface area (Å²) < 4.78 is 1.99. The quantitative estimate of drug-likeness (QED) is 0.488. The third-order valence-corrected chi connectivity index (χ3v) is 5.20. The number of anilines is 1. The Kier molecular flexibility index (Phi) is 5.96. The Hall–Kier alpha value is -2.02. The molecule has 2 aromatic rings. The number of nitrogens with zero attached hydrogens (tertiary/aromatic N) is 5. The molecule has 0 bridgehead atoms. The summed E-state index contributed by atoms with van der Waals surface area (Å²) in [7, 11) is 1.98. The van der Waals surface area contributed by atoms with Crippen molar-refractivity contribution in [3.8, 4) is 0 Å². The van der Waals surface area contributed by atoms with Gasteiger partial charge < -0.3 is 14.8 Å². The summed E-state index contributed by atoms with van der Waals surface area (Å²) >= 11 is 1.87. The third-order valence-electron chi connectivity index (χ3n) is 4.50. The van der Waals surface area contributed by atoms with Crippen LogP contribution in [-0.4, -0.2) is 45.8 Å². The molecule has 0 aliphatic carbocycles. The molecule has 0 saturated heterocycles. The van der Waals surface area contributed by atoms with Crippen LogP contribution in [0, 0.1) is 6.92 Å². The summed E-state index contributed by atoms with van der Waals surface area (Å²) in [5.74, 6) is 3.88. The number of nitrogens with one attached hydrogen (secondary N) is 1. The van der Waals surface area contributed by atoms with E-state index >= 15 is 0 Å². The lowest BCUT2D eigenvalue weighted by Crippen LogP contribution is -2.41. The summed E-state index contributed by atoms with van der Waals surface area (Å²) in [6, 6.07) is 8.57. The van der Waals surface area contributed by atoms with Crippen LogP contribution in [-0.2, 0) is 20.0 Å². The molecule has 1 N–H and O–H groups in total. The maximum Gasteiger partial charge on any atom is 0.198 e. The average molecular weight is 359 g/mol. The highest BCUT2D eigenvalue weighted by atomic mass is 32.2. The number of thioether (sulfide) groups is 1. The van der Waals surface area contributed by atoms with Gasteiger partial charge in [-0.1, -0.05) is 18.2 Å². The number of hydrogen-bond acceptors (Lipinski definition) is 4. The Morgan fingerprint density at radius 1 is 1.32 bits per heavy atom. The topological polar surface area (TPSA) is 58.3 Å². The molecule has 7 heteroatoms. The van der Waals surface area contributed by atoms with E-state index in [-0.39, 0.29) is 0 Å². The van der Waals surface area contributed by atoms with Gasteiger partial charge >= 0.3 is 0 Å². The van der Waals surface area contributed by atoms with E-state index in [1.807, 2.05) is 30.3 Å². The molecule has 3 rings (SSSR count). The van der Waals surface area contributed by atoms with Crippen molar-refractivity contribution in [2.45, 2.75) is 26.3 Å². The number of fused-ring (bicyclic) bond motifs is 1. The molecule has 0 amide bonds. The second kappa shape index (κ2) is 8.38. The Bertz CT molecular complexity index is 739. The molecule has 2 heterocycles. The van der Waals surface area contributed by atoms with Gasteiger partial charge in [-0.15, -0.1) is 10.2 Å². The number of rotatable bonds is 6. The summed E-state index contributed by atoms with van der Waals surface area (Å²) in [6.45, 7) is 4.38. The molecule has 0 atom stereocenters. The van der Waals surface area contributed by atoms with Crippen LogP contribution >= 0.6 is 11.8 Å². The molecular weight excluding hydrogens is 332 g/mol. The number of aromatic nitrogens is 3. The van der Waals surface area contributed by atoms with Crippen LogP contribution in [0.4, 0.5) is 5.69 Å². The SMILES string of the molecule is CSCCCNC(=NCc1nnc(C)n1C)N1CCc2ccccc21. The van der Waals surface area contributed by atoms with E-state index in [9.17, 15) is 0 Å². The molecule has 25 heavy (non-hydrogen) atoms. The molecule has 0 unspecified atom stereocenters. The molecule has 1 aliphatic heterocycles. The zero-order chi connectivity index (χ0) is 17.6. The maximum absolute atomic E-state index is 4.85. The van der Waals surface area contributed by atoms with E-state index in [2.05, 4.69) is 50.9 Å². The van der Waals surface area contributed by atoms with Crippen molar-refractivity contribution >= 4 is 23.4 Å². The van der Waals surface area contributed by atoms with Crippen molar-refractivity contribution in [2.75, 3.05) is 30.0 Å². The number of aryl methyl sites for hydroxylation is 1. The minimum atomic E-state index is 0.529. The number of aliphatic imine (C=N–C) groups is 1. The molecule has 134 valence electrons. The van der Waals surface area contributed by atoms with Gasteiger partial charge in [0, 0.05) is 25.8 Å². The fourth-order valence-electron chi connectivity index (χ4n) is 2.95. The fourth-order valence-corrected chi connectivity index (χ4v) is 3.38. The Balaban J connectivity index is 1.77. The average Bonchev–Trinajstić information content (AvgIpc) is 3.19. The van der Waals surface area contributed by atoms with E-state index in [1.165, 1.54) is 11.3 Å².